The summed E-state index contributed by atoms with van der Waals surface area (Å²) in [7, 11) is -0.849. The standard InChI is InChI=1S/C20H25N3O4S/c1-14-10-15(2)12-18(11-14)23(5)20(25)13-22(4)28(26,27)19-8-6-17(7-9-19)21-16(3)24/h6-12H,13H2,1-5H3,(H,21,24). The van der Waals surface area contributed by atoms with E-state index in [0.717, 1.165) is 15.4 Å². The lowest BCUT2D eigenvalue weighted by atomic mass is 10.1. The molecule has 7 nitrogen and oxygen atoms in total. The summed E-state index contributed by atoms with van der Waals surface area (Å²) in [6.07, 6.45) is 0. The lowest BCUT2D eigenvalue weighted by molar-refractivity contribution is -0.118. The number of benzene rings is 2. The van der Waals surface area contributed by atoms with Gasteiger partial charge in [-0.3, -0.25) is 9.59 Å². The molecular weight excluding hydrogens is 378 g/mol. The van der Waals surface area contributed by atoms with Crippen molar-refractivity contribution in [2.24, 2.45) is 0 Å². The van der Waals surface area contributed by atoms with Crippen molar-refractivity contribution in [2.75, 3.05) is 30.9 Å². The number of hydrogen-bond donors (Lipinski definition) is 1. The molecule has 0 aliphatic heterocycles. The molecule has 28 heavy (non-hydrogen) atoms. The van der Waals surface area contributed by atoms with Crippen molar-refractivity contribution in [2.45, 2.75) is 25.7 Å². The highest BCUT2D eigenvalue weighted by molar-refractivity contribution is 7.89. The van der Waals surface area contributed by atoms with Crippen molar-refractivity contribution in [1.29, 1.82) is 0 Å². The molecule has 0 fully saturated rings. The zero-order chi connectivity index (χ0) is 21.1. The first-order chi connectivity index (χ1) is 13.0. The van der Waals surface area contributed by atoms with E-state index in [4.69, 9.17) is 0 Å². The Hall–Kier alpha value is -2.71. The van der Waals surface area contributed by atoms with Crippen LogP contribution in [0.1, 0.15) is 18.1 Å². The highest BCUT2D eigenvalue weighted by Gasteiger charge is 2.24. The molecule has 0 spiro atoms. The van der Waals surface area contributed by atoms with E-state index in [0.29, 0.717) is 11.4 Å². The molecule has 0 bridgehead atoms. The topological polar surface area (TPSA) is 86.8 Å². The van der Waals surface area contributed by atoms with Gasteiger partial charge in [-0.1, -0.05) is 6.07 Å². The summed E-state index contributed by atoms with van der Waals surface area (Å²) < 4.78 is 26.5. The Morgan fingerprint density at radius 3 is 2.00 bits per heavy atom. The minimum Gasteiger partial charge on any atom is -0.326 e. The van der Waals surface area contributed by atoms with Gasteiger partial charge in [0.2, 0.25) is 21.8 Å². The van der Waals surface area contributed by atoms with Crippen LogP contribution in [0.3, 0.4) is 0 Å². The van der Waals surface area contributed by atoms with Gasteiger partial charge in [0.1, 0.15) is 0 Å². The number of carbonyl (C=O) groups is 2. The summed E-state index contributed by atoms with van der Waals surface area (Å²) in [4.78, 5) is 25.2. The highest BCUT2D eigenvalue weighted by Crippen LogP contribution is 2.20. The van der Waals surface area contributed by atoms with Crippen LogP contribution in [0.15, 0.2) is 47.4 Å². The maximum Gasteiger partial charge on any atom is 0.243 e. The first kappa shape index (κ1) is 21.6. The third kappa shape index (κ3) is 5.17. The molecule has 0 heterocycles. The monoisotopic (exact) mass is 403 g/mol. The van der Waals surface area contributed by atoms with E-state index in [1.54, 1.807) is 7.05 Å². The molecule has 0 saturated carbocycles. The molecule has 0 atom stereocenters. The predicted molar refractivity (Wildman–Crippen MR) is 110 cm³/mol. The zero-order valence-electron chi connectivity index (χ0n) is 16.7. The third-order valence-corrected chi connectivity index (χ3v) is 6.03. The molecule has 0 radical (unpaired) electrons. The number of anilines is 2. The largest absolute Gasteiger partial charge is 0.326 e. The molecule has 150 valence electrons. The van der Waals surface area contributed by atoms with Crippen LogP contribution in [0, 0.1) is 13.8 Å². The minimum absolute atomic E-state index is 0.0472. The molecule has 1 N–H and O–H groups in total. The maximum atomic E-state index is 12.7. The van der Waals surface area contributed by atoms with Crippen LogP contribution in [0.5, 0.6) is 0 Å². The summed E-state index contributed by atoms with van der Waals surface area (Å²) in [6.45, 7) is 4.96. The van der Waals surface area contributed by atoms with E-state index in [1.807, 2.05) is 32.0 Å². The normalized spacial score (nSPS) is 11.4. The first-order valence-corrected chi connectivity index (χ1v) is 10.1. The summed E-state index contributed by atoms with van der Waals surface area (Å²) >= 11 is 0. The number of rotatable bonds is 6. The van der Waals surface area contributed by atoms with E-state index >= 15 is 0 Å². The fraction of sp³-hybridized carbons (Fsp3) is 0.300. The zero-order valence-corrected chi connectivity index (χ0v) is 17.5. The SMILES string of the molecule is CC(=O)Nc1ccc(S(=O)(=O)N(C)CC(=O)N(C)c2cc(C)cc(C)c2)cc1. The van der Waals surface area contributed by atoms with Gasteiger partial charge in [-0.15, -0.1) is 0 Å². The molecule has 0 saturated heterocycles. The molecule has 2 aromatic carbocycles. The molecule has 2 aromatic rings. The Morgan fingerprint density at radius 2 is 1.50 bits per heavy atom. The third-order valence-electron chi connectivity index (χ3n) is 4.21. The van der Waals surface area contributed by atoms with Crippen LogP contribution < -0.4 is 10.2 Å². The number of sulfonamides is 1. The van der Waals surface area contributed by atoms with Gasteiger partial charge >= 0.3 is 0 Å². The van der Waals surface area contributed by atoms with Gasteiger partial charge in [0.15, 0.2) is 0 Å². The summed E-state index contributed by atoms with van der Waals surface area (Å²) in [5.41, 5.74) is 3.26. The Morgan fingerprint density at radius 1 is 0.964 bits per heavy atom. The van der Waals surface area contributed by atoms with Gasteiger partial charge < -0.3 is 10.2 Å². The van der Waals surface area contributed by atoms with Gasteiger partial charge in [0.25, 0.3) is 0 Å². The fourth-order valence-corrected chi connectivity index (χ4v) is 3.88. The summed E-state index contributed by atoms with van der Waals surface area (Å²) in [5, 5.41) is 2.58. The predicted octanol–water partition coefficient (Wildman–Crippen LogP) is 2.55. The number of amides is 2. The Kier molecular flexibility index (Phi) is 6.58. The second-order valence-electron chi connectivity index (χ2n) is 6.77. The summed E-state index contributed by atoms with van der Waals surface area (Å²) in [5.74, 6) is -0.585. The number of likely N-dealkylation sites (N-methyl/N-ethyl adjacent to an activating group) is 2. The van der Waals surface area contributed by atoms with E-state index < -0.39 is 10.0 Å². The van der Waals surface area contributed by atoms with Crippen molar-refractivity contribution in [3.05, 3.63) is 53.6 Å². The Labute approximate surface area is 166 Å². The van der Waals surface area contributed by atoms with Gasteiger partial charge in [0.05, 0.1) is 11.4 Å². The fourth-order valence-electron chi connectivity index (χ4n) is 2.76. The van der Waals surface area contributed by atoms with Crippen molar-refractivity contribution in [3.63, 3.8) is 0 Å². The van der Waals surface area contributed by atoms with Crippen molar-refractivity contribution in [1.82, 2.24) is 4.31 Å². The smallest absolute Gasteiger partial charge is 0.243 e. The van der Waals surface area contributed by atoms with Gasteiger partial charge in [-0.2, -0.15) is 4.31 Å². The molecule has 0 aliphatic carbocycles. The minimum atomic E-state index is -3.84. The molecule has 2 rings (SSSR count). The molecule has 2 amide bonds. The first-order valence-electron chi connectivity index (χ1n) is 8.69. The van der Waals surface area contributed by atoms with E-state index in [-0.39, 0.29) is 23.3 Å². The highest BCUT2D eigenvalue weighted by atomic mass is 32.2. The van der Waals surface area contributed by atoms with Gasteiger partial charge in [-0.25, -0.2) is 8.42 Å². The van der Waals surface area contributed by atoms with Crippen LogP contribution >= 0.6 is 0 Å². The Bertz CT molecular complexity index is 965. The van der Waals surface area contributed by atoms with Crippen LogP contribution in [-0.4, -0.2) is 45.2 Å². The quantitative estimate of drug-likeness (QED) is 0.803. The van der Waals surface area contributed by atoms with Crippen LogP contribution in [-0.2, 0) is 19.6 Å². The van der Waals surface area contributed by atoms with E-state index in [1.165, 1.54) is 43.1 Å². The molecule has 8 heteroatoms. The molecule has 0 aromatic heterocycles. The number of hydrogen-bond acceptors (Lipinski definition) is 4. The van der Waals surface area contributed by atoms with Crippen LogP contribution in [0.2, 0.25) is 0 Å². The number of carbonyl (C=O) groups excluding carboxylic acids is 2. The molecular formula is C20H25N3O4S. The lowest BCUT2D eigenvalue weighted by Crippen LogP contribution is -2.39. The summed E-state index contributed by atoms with van der Waals surface area (Å²) in [6, 6.07) is 11.6. The second kappa shape index (κ2) is 8.53. The second-order valence-corrected chi connectivity index (χ2v) is 8.81. The van der Waals surface area contributed by atoms with Crippen LogP contribution in [0.25, 0.3) is 0 Å². The average Bonchev–Trinajstić information content (AvgIpc) is 2.60. The number of nitrogens with zero attached hydrogens (tertiary/aromatic N) is 2. The average molecular weight is 404 g/mol. The van der Waals surface area contributed by atoms with Crippen molar-refractivity contribution >= 4 is 33.2 Å². The maximum absolute atomic E-state index is 12.7. The van der Waals surface area contributed by atoms with E-state index in [9.17, 15) is 18.0 Å². The molecule has 0 aliphatic rings. The lowest BCUT2D eigenvalue weighted by Gasteiger charge is -2.22. The number of aryl methyl sites for hydroxylation is 2. The van der Waals surface area contributed by atoms with E-state index in [2.05, 4.69) is 5.32 Å². The van der Waals surface area contributed by atoms with Crippen molar-refractivity contribution < 1.29 is 18.0 Å². The van der Waals surface area contributed by atoms with Gasteiger partial charge in [0, 0.05) is 32.4 Å². The van der Waals surface area contributed by atoms with Gasteiger partial charge in [-0.05, 0) is 61.4 Å². The number of nitrogens with one attached hydrogen (secondary N) is 1. The van der Waals surface area contributed by atoms with Crippen LogP contribution in [0.4, 0.5) is 11.4 Å². The van der Waals surface area contributed by atoms with Crippen molar-refractivity contribution in [3.8, 4) is 0 Å². The molecule has 0 unspecified atom stereocenters. The Balaban J connectivity index is 2.14.